The average Bonchev–Trinajstić information content (AvgIpc) is 3.30. The van der Waals surface area contributed by atoms with Crippen LogP contribution in [0.1, 0.15) is 20.0 Å². The van der Waals surface area contributed by atoms with Crippen molar-refractivity contribution in [2.45, 2.75) is 4.90 Å². The molecule has 31 heavy (non-hydrogen) atoms. The predicted octanol–water partition coefficient (Wildman–Crippen LogP) is 5.37. The number of carbonyl (C=O) groups excluding carboxylic acids is 2. The number of rotatable bonds is 6. The Kier molecular flexibility index (Phi) is 7.02. The molecule has 1 aromatic heterocycles. The van der Waals surface area contributed by atoms with E-state index in [2.05, 4.69) is 4.36 Å². The van der Waals surface area contributed by atoms with E-state index < -0.39 is 21.5 Å². The van der Waals surface area contributed by atoms with Crippen LogP contribution in [0.5, 0.6) is 5.75 Å². The van der Waals surface area contributed by atoms with Gasteiger partial charge in [-0.2, -0.15) is 5.26 Å². The highest BCUT2D eigenvalue weighted by molar-refractivity contribution is 7.93. The van der Waals surface area contributed by atoms with E-state index in [-0.39, 0.29) is 11.3 Å². The van der Waals surface area contributed by atoms with Crippen LogP contribution < -0.4 is 4.74 Å². The average molecular weight is 471 g/mol. The van der Waals surface area contributed by atoms with Crippen LogP contribution in [0, 0.1) is 11.3 Å². The van der Waals surface area contributed by atoms with Crippen LogP contribution in [0.15, 0.2) is 87.1 Å². The van der Waals surface area contributed by atoms with Gasteiger partial charge in [-0.3, -0.25) is 4.79 Å². The lowest BCUT2D eigenvalue weighted by Crippen LogP contribution is -2.08. The molecule has 0 aliphatic heterocycles. The Morgan fingerprint density at radius 3 is 2.39 bits per heavy atom. The molecule has 0 radical (unpaired) electrons. The molecule has 3 rings (SSSR count). The Morgan fingerprint density at radius 1 is 1.13 bits per heavy atom. The third-order valence-corrected chi connectivity index (χ3v) is 6.82. The van der Waals surface area contributed by atoms with E-state index in [1.54, 1.807) is 47.8 Å². The van der Waals surface area contributed by atoms with Crippen molar-refractivity contribution in [3.63, 3.8) is 0 Å². The zero-order valence-corrected chi connectivity index (χ0v) is 18.5. The van der Waals surface area contributed by atoms with Crippen LogP contribution in [0.3, 0.4) is 0 Å². The lowest BCUT2D eigenvalue weighted by atomic mass is 10.2. The maximum absolute atomic E-state index is 13.0. The Balaban J connectivity index is 1.78. The number of benzene rings is 2. The lowest BCUT2D eigenvalue weighted by Gasteiger charge is -2.07. The van der Waals surface area contributed by atoms with E-state index in [1.165, 1.54) is 41.9 Å². The molecule has 156 valence electrons. The fraction of sp³-hybridized carbons (Fsp3) is 0.0455. The van der Waals surface area contributed by atoms with E-state index in [4.69, 9.17) is 16.3 Å². The Morgan fingerprint density at radius 2 is 1.81 bits per heavy atom. The summed E-state index contributed by atoms with van der Waals surface area (Å²) in [5.41, 5.74) is 0.137. The highest BCUT2D eigenvalue weighted by Crippen LogP contribution is 2.20. The van der Waals surface area contributed by atoms with Crippen molar-refractivity contribution in [3.8, 4) is 11.8 Å². The summed E-state index contributed by atoms with van der Waals surface area (Å²) in [5.74, 6) is -0.763. The summed E-state index contributed by atoms with van der Waals surface area (Å²) in [4.78, 5) is 25.2. The molecule has 1 atom stereocenters. The first-order valence-corrected chi connectivity index (χ1v) is 12.0. The van der Waals surface area contributed by atoms with Crippen LogP contribution in [-0.4, -0.2) is 22.2 Å². The fourth-order valence-corrected chi connectivity index (χ4v) is 4.28. The molecule has 0 bridgehead atoms. The third kappa shape index (κ3) is 5.67. The topological polar surface area (TPSA) is 96.6 Å². The summed E-state index contributed by atoms with van der Waals surface area (Å²) in [6.45, 7) is 0. The van der Waals surface area contributed by atoms with Crippen molar-refractivity contribution in [3.05, 3.63) is 93.3 Å². The molecule has 0 aliphatic carbocycles. The highest BCUT2D eigenvalue weighted by Gasteiger charge is 2.14. The minimum atomic E-state index is -2.93. The molecular weight excluding hydrogens is 456 g/mol. The molecule has 0 saturated carbocycles. The number of Topliss-reactive ketones (excluding diaryl/α,β-unsaturated/α-hetero) is 1. The van der Waals surface area contributed by atoms with Crippen molar-refractivity contribution in [1.82, 2.24) is 0 Å². The van der Waals surface area contributed by atoms with Gasteiger partial charge in [-0.1, -0.05) is 17.7 Å². The first kappa shape index (κ1) is 22.4. The van der Waals surface area contributed by atoms with Gasteiger partial charge in [-0.05, 0) is 60.0 Å². The highest BCUT2D eigenvalue weighted by atomic mass is 35.5. The van der Waals surface area contributed by atoms with Crippen LogP contribution in [-0.2, 0) is 9.73 Å². The number of ether oxygens (including phenoxy) is 1. The maximum Gasteiger partial charge on any atom is 0.343 e. The maximum atomic E-state index is 13.0. The van der Waals surface area contributed by atoms with Gasteiger partial charge < -0.3 is 4.74 Å². The largest absolute Gasteiger partial charge is 0.423 e. The second-order valence-corrected chi connectivity index (χ2v) is 9.91. The number of halogens is 1. The number of nitriles is 1. The van der Waals surface area contributed by atoms with Gasteiger partial charge in [0.1, 0.15) is 17.4 Å². The van der Waals surface area contributed by atoms with E-state index in [1.807, 2.05) is 0 Å². The van der Waals surface area contributed by atoms with Crippen LogP contribution >= 0.6 is 22.9 Å². The number of nitrogens with zero attached hydrogens (tertiary/aromatic N) is 2. The van der Waals surface area contributed by atoms with Gasteiger partial charge in [0, 0.05) is 16.2 Å². The zero-order chi connectivity index (χ0) is 22.4. The second-order valence-electron chi connectivity index (χ2n) is 6.24. The minimum absolute atomic E-state index is 0.203. The van der Waals surface area contributed by atoms with Crippen molar-refractivity contribution in [2.75, 3.05) is 6.26 Å². The molecule has 9 heteroatoms. The van der Waals surface area contributed by atoms with Gasteiger partial charge in [-0.15, -0.1) is 11.3 Å². The first-order chi connectivity index (χ1) is 14.8. The van der Waals surface area contributed by atoms with Gasteiger partial charge in [0.05, 0.1) is 26.4 Å². The Hall–Kier alpha value is -3.25. The lowest BCUT2D eigenvalue weighted by molar-refractivity contribution is 0.0734. The van der Waals surface area contributed by atoms with E-state index in [0.717, 1.165) is 6.20 Å². The number of allylic oxidation sites excluding steroid dienone is 1. The number of hydrogen-bond acceptors (Lipinski definition) is 7. The number of ketones is 1. The molecule has 0 aliphatic rings. The first-order valence-electron chi connectivity index (χ1n) is 8.78. The molecule has 1 heterocycles. The minimum Gasteiger partial charge on any atom is -0.423 e. The summed E-state index contributed by atoms with van der Waals surface area (Å²) in [6.07, 6.45) is 2.43. The summed E-state index contributed by atoms with van der Waals surface area (Å²) < 4.78 is 22.2. The summed E-state index contributed by atoms with van der Waals surface area (Å²) in [5, 5.41) is 11.5. The van der Waals surface area contributed by atoms with Gasteiger partial charge in [0.2, 0.25) is 5.78 Å². The monoisotopic (exact) mass is 470 g/mol. The van der Waals surface area contributed by atoms with Crippen molar-refractivity contribution in [1.29, 1.82) is 5.26 Å². The molecule has 0 N–H and O–H groups in total. The van der Waals surface area contributed by atoms with Gasteiger partial charge in [0.25, 0.3) is 0 Å². The smallest absolute Gasteiger partial charge is 0.343 e. The molecule has 0 unspecified atom stereocenters. The third-order valence-electron chi connectivity index (χ3n) is 4.04. The summed E-state index contributed by atoms with van der Waals surface area (Å²) in [6, 6.07) is 17.4. The van der Waals surface area contributed by atoms with E-state index in [9.17, 15) is 19.1 Å². The quantitative estimate of drug-likeness (QED) is 0.159. The standard InChI is InChI=1S/C22H15ClN2O4S2/c1-31(28,25-14-16(13-24)21(26)20-3-2-12-30-20)19-10-8-18(9-11-19)29-22(27)15-4-6-17(23)7-5-15/h2-12,14H,1H3/b16-14+/t31-/m0/s1. The molecule has 3 aromatic rings. The number of esters is 1. The van der Waals surface area contributed by atoms with Crippen LogP contribution in [0.2, 0.25) is 5.02 Å². The molecular formula is C22H15ClN2O4S2. The SMILES string of the molecule is C[S@@](=O)(=N/C=C(\C#N)C(=O)c1cccs1)c1ccc(OC(=O)c2ccc(Cl)cc2)cc1. The number of thiophene rings is 1. The molecule has 0 spiro atoms. The van der Waals surface area contributed by atoms with Crippen LogP contribution in [0.25, 0.3) is 0 Å². The second kappa shape index (κ2) is 9.71. The number of carbonyl (C=O) groups is 2. The van der Waals surface area contributed by atoms with Crippen molar-refractivity contribution < 1.29 is 18.5 Å². The van der Waals surface area contributed by atoms with Gasteiger partial charge in [0.15, 0.2) is 0 Å². The normalized spacial score (nSPS) is 13.0. The molecule has 0 fully saturated rings. The zero-order valence-electron chi connectivity index (χ0n) is 16.2. The molecule has 0 amide bonds. The van der Waals surface area contributed by atoms with Gasteiger partial charge >= 0.3 is 5.97 Å². The fourth-order valence-electron chi connectivity index (χ4n) is 2.41. The summed E-state index contributed by atoms with van der Waals surface area (Å²) in [7, 11) is -2.93. The van der Waals surface area contributed by atoms with Crippen molar-refractivity contribution in [2.24, 2.45) is 4.36 Å². The van der Waals surface area contributed by atoms with Gasteiger partial charge in [-0.25, -0.2) is 13.4 Å². The predicted molar refractivity (Wildman–Crippen MR) is 120 cm³/mol. The Bertz CT molecular complexity index is 1300. The molecule has 2 aromatic carbocycles. The van der Waals surface area contributed by atoms with E-state index in [0.29, 0.717) is 20.4 Å². The summed E-state index contributed by atoms with van der Waals surface area (Å²) >= 11 is 7.01. The number of hydrogen-bond donors (Lipinski definition) is 0. The van der Waals surface area contributed by atoms with Crippen molar-refractivity contribution >= 4 is 44.4 Å². The molecule has 6 nitrogen and oxygen atoms in total. The van der Waals surface area contributed by atoms with Crippen LogP contribution in [0.4, 0.5) is 0 Å². The van der Waals surface area contributed by atoms with E-state index >= 15 is 0 Å². The Labute approximate surface area is 188 Å². The molecule has 0 saturated heterocycles.